The molecule has 1 rings (SSSR count). The lowest BCUT2D eigenvalue weighted by Crippen LogP contribution is -2.34. The summed E-state index contributed by atoms with van der Waals surface area (Å²) in [5.74, 6) is 1.17. The third kappa shape index (κ3) is 5.17. The van der Waals surface area contributed by atoms with Crippen LogP contribution in [0.25, 0.3) is 0 Å². The largest absolute Gasteiger partial charge is 0.396 e. The van der Waals surface area contributed by atoms with Crippen molar-refractivity contribution < 1.29 is 5.11 Å². The van der Waals surface area contributed by atoms with E-state index in [4.69, 9.17) is 5.11 Å². The third-order valence-electron chi connectivity index (χ3n) is 2.93. The number of nitrogens with one attached hydrogen (secondary N) is 1. The zero-order valence-electron chi connectivity index (χ0n) is 10.1. The van der Waals surface area contributed by atoms with Gasteiger partial charge in [0.15, 0.2) is 0 Å². The lowest BCUT2D eigenvalue weighted by Gasteiger charge is -2.24. The number of nitrogens with zero attached hydrogens (tertiary/aromatic N) is 1. The quantitative estimate of drug-likeness (QED) is 0.748. The standard InChI is InChI=1S/C12H24N2O/c1-12(2,7-9-15)10-14-11-6-4-3-5-8-13-11/h15H,3-10H2,1-2H3,(H,13,14). The number of hydrogen-bond acceptors (Lipinski definition) is 3. The van der Waals surface area contributed by atoms with E-state index < -0.39 is 0 Å². The van der Waals surface area contributed by atoms with Crippen molar-refractivity contribution in [2.75, 3.05) is 19.7 Å². The Morgan fingerprint density at radius 1 is 1.33 bits per heavy atom. The number of aliphatic imine (C=N–C) groups is 1. The number of hydrogen-bond donors (Lipinski definition) is 2. The van der Waals surface area contributed by atoms with E-state index >= 15 is 0 Å². The molecule has 1 aliphatic rings. The maximum absolute atomic E-state index is 8.93. The van der Waals surface area contributed by atoms with Gasteiger partial charge in [0, 0.05) is 26.1 Å². The monoisotopic (exact) mass is 212 g/mol. The van der Waals surface area contributed by atoms with E-state index in [0.29, 0.717) is 0 Å². The molecule has 0 saturated carbocycles. The lowest BCUT2D eigenvalue weighted by molar-refractivity contribution is 0.212. The Bertz CT molecular complexity index is 212. The van der Waals surface area contributed by atoms with Gasteiger partial charge in [-0.2, -0.15) is 0 Å². The molecule has 0 radical (unpaired) electrons. The first-order valence-corrected chi connectivity index (χ1v) is 6.02. The van der Waals surface area contributed by atoms with Crippen molar-refractivity contribution in [3.8, 4) is 0 Å². The Hall–Kier alpha value is -0.570. The van der Waals surface area contributed by atoms with Crippen molar-refractivity contribution in [3.05, 3.63) is 0 Å². The van der Waals surface area contributed by atoms with Crippen LogP contribution in [0.2, 0.25) is 0 Å². The van der Waals surface area contributed by atoms with Gasteiger partial charge in [0.25, 0.3) is 0 Å². The van der Waals surface area contributed by atoms with E-state index in [9.17, 15) is 0 Å². The van der Waals surface area contributed by atoms with Crippen molar-refractivity contribution in [1.29, 1.82) is 0 Å². The van der Waals surface area contributed by atoms with Crippen molar-refractivity contribution in [1.82, 2.24) is 5.32 Å². The molecule has 3 nitrogen and oxygen atoms in total. The van der Waals surface area contributed by atoms with Gasteiger partial charge >= 0.3 is 0 Å². The van der Waals surface area contributed by atoms with E-state index in [1.807, 2.05) is 0 Å². The molecule has 2 N–H and O–H groups in total. The molecule has 0 bridgehead atoms. The van der Waals surface area contributed by atoms with Crippen molar-refractivity contribution in [2.45, 2.75) is 46.0 Å². The minimum atomic E-state index is 0.156. The molecule has 88 valence electrons. The summed E-state index contributed by atoms with van der Waals surface area (Å²) >= 11 is 0. The number of aliphatic hydroxyl groups excluding tert-OH is 1. The van der Waals surface area contributed by atoms with E-state index in [2.05, 4.69) is 24.2 Å². The molecule has 0 atom stereocenters. The lowest BCUT2D eigenvalue weighted by atomic mass is 9.90. The second-order valence-corrected chi connectivity index (χ2v) is 5.13. The Morgan fingerprint density at radius 2 is 2.13 bits per heavy atom. The molecule has 0 unspecified atom stereocenters. The first-order valence-electron chi connectivity index (χ1n) is 6.02. The summed E-state index contributed by atoms with van der Waals surface area (Å²) in [7, 11) is 0. The fourth-order valence-electron chi connectivity index (χ4n) is 1.75. The molecule has 1 heterocycles. The zero-order chi connectivity index (χ0) is 11.1. The molecular weight excluding hydrogens is 188 g/mol. The van der Waals surface area contributed by atoms with Crippen LogP contribution in [0.15, 0.2) is 4.99 Å². The highest BCUT2D eigenvalue weighted by molar-refractivity contribution is 5.82. The summed E-state index contributed by atoms with van der Waals surface area (Å²) in [6.07, 6.45) is 5.72. The average Bonchev–Trinajstić information content (AvgIpc) is 2.43. The normalized spacial score (nSPS) is 18.2. The second-order valence-electron chi connectivity index (χ2n) is 5.13. The van der Waals surface area contributed by atoms with Crippen LogP contribution in [0.3, 0.4) is 0 Å². The first kappa shape index (κ1) is 12.5. The van der Waals surface area contributed by atoms with Crippen LogP contribution in [0.5, 0.6) is 0 Å². The Balaban J connectivity index is 2.31. The van der Waals surface area contributed by atoms with E-state index in [-0.39, 0.29) is 12.0 Å². The Labute approximate surface area is 93.0 Å². The molecule has 0 aliphatic carbocycles. The molecule has 3 heteroatoms. The topological polar surface area (TPSA) is 44.6 Å². The summed E-state index contributed by atoms with van der Waals surface area (Å²) in [5, 5.41) is 12.4. The van der Waals surface area contributed by atoms with Gasteiger partial charge in [0.2, 0.25) is 0 Å². The molecule has 0 fully saturated rings. The second kappa shape index (κ2) is 6.11. The van der Waals surface area contributed by atoms with Gasteiger partial charge in [-0.1, -0.05) is 20.3 Å². The predicted molar refractivity (Wildman–Crippen MR) is 64.3 cm³/mol. The van der Waals surface area contributed by atoms with Crippen LogP contribution < -0.4 is 5.32 Å². The van der Waals surface area contributed by atoms with Gasteiger partial charge in [-0.15, -0.1) is 0 Å². The minimum absolute atomic E-state index is 0.156. The zero-order valence-corrected chi connectivity index (χ0v) is 10.1. The molecule has 0 aromatic rings. The first-order chi connectivity index (χ1) is 7.14. The molecule has 15 heavy (non-hydrogen) atoms. The fraction of sp³-hybridized carbons (Fsp3) is 0.917. The summed E-state index contributed by atoms with van der Waals surface area (Å²) in [5.41, 5.74) is 0.156. The molecule has 0 amide bonds. The van der Waals surface area contributed by atoms with Crippen LogP contribution in [-0.4, -0.2) is 30.6 Å². The Kier molecular flexibility index (Phi) is 5.09. The summed E-state index contributed by atoms with van der Waals surface area (Å²) in [6.45, 7) is 6.50. The van der Waals surface area contributed by atoms with Gasteiger partial charge in [-0.3, -0.25) is 4.99 Å². The Morgan fingerprint density at radius 3 is 2.87 bits per heavy atom. The molecule has 0 aromatic heterocycles. The van der Waals surface area contributed by atoms with Crippen LogP contribution >= 0.6 is 0 Å². The number of rotatable bonds is 4. The average molecular weight is 212 g/mol. The maximum Gasteiger partial charge on any atom is 0.0963 e. The molecule has 0 spiro atoms. The molecule has 0 saturated heterocycles. The highest BCUT2D eigenvalue weighted by Gasteiger charge is 2.17. The van der Waals surface area contributed by atoms with Gasteiger partial charge < -0.3 is 10.4 Å². The minimum Gasteiger partial charge on any atom is -0.396 e. The van der Waals surface area contributed by atoms with Gasteiger partial charge in [0.1, 0.15) is 0 Å². The summed E-state index contributed by atoms with van der Waals surface area (Å²) < 4.78 is 0. The number of aliphatic hydroxyl groups is 1. The summed E-state index contributed by atoms with van der Waals surface area (Å²) in [6, 6.07) is 0. The maximum atomic E-state index is 8.93. The van der Waals surface area contributed by atoms with Gasteiger partial charge in [-0.05, 0) is 24.7 Å². The van der Waals surface area contributed by atoms with Crippen molar-refractivity contribution in [2.24, 2.45) is 10.4 Å². The fourth-order valence-corrected chi connectivity index (χ4v) is 1.75. The molecule has 0 aromatic carbocycles. The SMILES string of the molecule is CC(C)(CCO)CNC1=NCCCCC1. The molecule has 1 aliphatic heterocycles. The van der Waals surface area contributed by atoms with Crippen molar-refractivity contribution in [3.63, 3.8) is 0 Å². The highest BCUT2D eigenvalue weighted by Crippen LogP contribution is 2.18. The van der Waals surface area contributed by atoms with Gasteiger partial charge in [-0.25, -0.2) is 0 Å². The third-order valence-corrected chi connectivity index (χ3v) is 2.93. The van der Waals surface area contributed by atoms with E-state index in [1.165, 1.54) is 25.1 Å². The summed E-state index contributed by atoms with van der Waals surface area (Å²) in [4.78, 5) is 4.53. The smallest absolute Gasteiger partial charge is 0.0963 e. The highest BCUT2D eigenvalue weighted by atomic mass is 16.3. The molecular formula is C12H24N2O. The van der Waals surface area contributed by atoms with E-state index in [0.717, 1.165) is 25.9 Å². The van der Waals surface area contributed by atoms with Crippen LogP contribution in [0.1, 0.15) is 46.0 Å². The van der Waals surface area contributed by atoms with Crippen LogP contribution in [0, 0.1) is 5.41 Å². The predicted octanol–water partition coefficient (Wildman–Crippen LogP) is 1.96. The van der Waals surface area contributed by atoms with Crippen LogP contribution in [0.4, 0.5) is 0 Å². The van der Waals surface area contributed by atoms with Crippen LogP contribution in [-0.2, 0) is 0 Å². The van der Waals surface area contributed by atoms with E-state index in [1.54, 1.807) is 0 Å². The van der Waals surface area contributed by atoms with Crippen molar-refractivity contribution >= 4 is 5.84 Å². The van der Waals surface area contributed by atoms with Gasteiger partial charge in [0.05, 0.1) is 5.84 Å². The number of amidine groups is 1.